The van der Waals surface area contributed by atoms with Crippen molar-refractivity contribution in [2.45, 2.75) is 43.4 Å². The fraction of sp³-hybridized carbons (Fsp3) is 0.500. The number of rotatable bonds is 2. The number of aromatic nitrogens is 2. The quantitative estimate of drug-likeness (QED) is 0.872. The number of hydrogen-bond acceptors (Lipinski definition) is 4. The molecule has 23 heavy (non-hydrogen) atoms. The molecule has 5 nitrogen and oxygen atoms in total. The van der Waals surface area contributed by atoms with Gasteiger partial charge in [0.1, 0.15) is 5.82 Å². The smallest absolute Gasteiger partial charge is 0.270 e. The molecule has 0 spiro atoms. The van der Waals surface area contributed by atoms with Gasteiger partial charge < -0.3 is 5.32 Å². The molecule has 0 aromatic carbocycles. The third kappa shape index (κ3) is 2.76. The zero-order valence-electron chi connectivity index (χ0n) is 12.7. The Balaban J connectivity index is 1.82. The van der Waals surface area contributed by atoms with E-state index in [0.717, 1.165) is 18.4 Å². The van der Waals surface area contributed by atoms with Gasteiger partial charge in [0.05, 0.1) is 22.6 Å². The molecule has 0 bridgehead atoms. The van der Waals surface area contributed by atoms with E-state index < -0.39 is 0 Å². The van der Waals surface area contributed by atoms with Crippen molar-refractivity contribution in [2.24, 2.45) is 0 Å². The van der Waals surface area contributed by atoms with Gasteiger partial charge in [-0.15, -0.1) is 11.8 Å². The summed E-state index contributed by atoms with van der Waals surface area (Å²) in [5.74, 6) is 1.03. The lowest BCUT2D eigenvalue weighted by atomic mass is 9.95. The second-order valence-corrected chi connectivity index (χ2v) is 8.03. The lowest BCUT2D eigenvalue weighted by molar-refractivity contribution is -0.113. The maximum atomic E-state index is 12.7. The van der Waals surface area contributed by atoms with Crippen molar-refractivity contribution in [2.75, 3.05) is 11.1 Å². The van der Waals surface area contributed by atoms with Crippen LogP contribution in [-0.4, -0.2) is 21.4 Å². The molecule has 1 fully saturated rings. The molecule has 7 heteroatoms. The molecule has 122 valence electrons. The average Bonchev–Trinajstić information content (AvgIpc) is 3.15. The minimum Gasteiger partial charge on any atom is -0.310 e. The van der Waals surface area contributed by atoms with Gasteiger partial charge in [-0.2, -0.15) is 11.3 Å². The van der Waals surface area contributed by atoms with E-state index in [4.69, 9.17) is 0 Å². The van der Waals surface area contributed by atoms with E-state index in [1.165, 1.54) is 31.0 Å². The number of nitrogens with zero attached hydrogens (tertiary/aromatic N) is 1. The minimum absolute atomic E-state index is 0.0301. The third-order valence-corrected chi connectivity index (χ3v) is 6.62. The van der Waals surface area contributed by atoms with Crippen molar-refractivity contribution in [3.63, 3.8) is 0 Å². The van der Waals surface area contributed by atoms with E-state index >= 15 is 0 Å². The molecular formula is C16H19N3O2S2. The van der Waals surface area contributed by atoms with Gasteiger partial charge in [-0.05, 0) is 35.2 Å². The maximum absolute atomic E-state index is 12.7. The normalized spacial score (nSPS) is 22.4. The van der Waals surface area contributed by atoms with Crippen molar-refractivity contribution in [3.05, 3.63) is 38.3 Å². The van der Waals surface area contributed by atoms with Crippen LogP contribution in [0.25, 0.3) is 0 Å². The predicted molar refractivity (Wildman–Crippen MR) is 94.4 cm³/mol. The van der Waals surface area contributed by atoms with E-state index in [1.54, 1.807) is 11.3 Å². The molecule has 0 radical (unpaired) electrons. The van der Waals surface area contributed by atoms with Crippen LogP contribution in [-0.2, 0) is 4.79 Å². The fourth-order valence-electron chi connectivity index (χ4n) is 3.54. The van der Waals surface area contributed by atoms with Crippen LogP contribution in [0.2, 0.25) is 0 Å². The molecule has 1 unspecified atom stereocenters. The second kappa shape index (κ2) is 6.20. The van der Waals surface area contributed by atoms with E-state index in [9.17, 15) is 9.59 Å². The zero-order valence-corrected chi connectivity index (χ0v) is 14.3. The van der Waals surface area contributed by atoms with Crippen molar-refractivity contribution in [1.82, 2.24) is 9.78 Å². The summed E-state index contributed by atoms with van der Waals surface area (Å²) in [6.07, 6.45) is 5.73. The first-order chi connectivity index (χ1) is 11.2. The number of hydrogen-bond donors (Lipinski definition) is 2. The summed E-state index contributed by atoms with van der Waals surface area (Å²) in [7, 11) is 0. The van der Waals surface area contributed by atoms with Crippen molar-refractivity contribution < 1.29 is 4.79 Å². The van der Waals surface area contributed by atoms with Crippen molar-refractivity contribution in [1.29, 1.82) is 0 Å². The Kier molecular flexibility index (Phi) is 4.07. The Morgan fingerprint density at radius 1 is 1.17 bits per heavy atom. The largest absolute Gasteiger partial charge is 0.310 e. The molecule has 1 amide bonds. The average molecular weight is 349 g/mol. The molecular weight excluding hydrogens is 330 g/mol. The number of aromatic amines is 1. The first-order valence-corrected chi connectivity index (χ1v) is 10.0. The summed E-state index contributed by atoms with van der Waals surface area (Å²) >= 11 is 3.15. The van der Waals surface area contributed by atoms with Gasteiger partial charge in [-0.25, -0.2) is 0 Å². The van der Waals surface area contributed by atoms with Crippen LogP contribution in [0.4, 0.5) is 5.82 Å². The van der Waals surface area contributed by atoms with Crippen molar-refractivity contribution in [3.8, 4) is 0 Å². The molecule has 2 N–H and O–H groups in total. The summed E-state index contributed by atoms with van der Waals surface area (Å²) in [5.41, 5.74) is 1.73. The lowest BCUT2D eigenvalue weighted by Crippen LogP contribution is -2.21. The molecule has 4 rings (SSSR count). The van der Waals surface area contributed by atoms with Crippen LogP contribution in [0.15, 0.2) is 21.6 Å². The Morgan fingerprint density at radius 3 is 2.74 bits per heavy atom. The van der Waals surface area contributed by atoms with Gasteiger partial charge in [0, 0.05) is 0 Å². The van der Waals surface area contributed by atoms with E-state index in [0.29, 0.717) is 17.1 Å². The first kappa shape index (κ1) is 15.1. The molecule has 2 aliphatic rings. The molecule has 1 aliphatic heterocycles. The number of amides is 1. The monoisotopic (exact) mass is 349 g/mol. The van der Waals surface area contributed by atoms with E-state index in [-0.39, 0.29) is 22.8 Å². The number of nitrogens with one attached hydrogen (secondary N) is 2. The van der Waals surface area contributed by atoms with Crippen LogP contribution in [0.5, 0.6) is 0 Å². The molecule has 1 aliphatic carbocycles. The highest BCUT2D eigenvalue weighted by Gasteiger charge is 2.32. The van der Waals surface area contributed by atoms with Crippen molar-refractivity contribution >= 4 is 34.8 Å². The van der Waals surface area contributed by atoms with Gasteiger partial charge in [0.15, 0.2) is 0 Å². The maximum Gasteiger partial charge on any atom is 0.270 e. The summed E-state index contributed by atoms with van der Waals surface area (Å²) in [5, 5.41) is 9.98. The lowest BCUT2D eigenvalue weighted by Gasteiger charge is -2.24. The summed E-state index contributed by atoms with van der Waals surface area (Å²) in [4.78, 5) is 24.8. The van der Waals surface area contributed by atoms with E-state index in [2.05, 4.69) is 15.8 Å². The number of carbonyl (C=O) groups excluding carboxylic acids is 1. The molecule has 0 saturated heterocycles. The minimum atomic E-state index is -0.0798. The highest BCUT2D eigenvalue weighted by atomic mass is 32.2. The summed E-state index contributed by atoms with van der Waals surface area (Å²) in [6.45, 7) is 0. The Bertz CT molecular complexity index is 757. The standard InChI is InChI=1S/C16H19N3O2S2/c20-12-9-23-14(10-6-7-22-8-10)13-15(17-12)19(18-16(13)21)11-4-2-1-3-5-11/h6-8,11,14H,1-5,9H2,(H,17,20)(H,18,21). The Morgan fingerprint density at radius 2 is 2.00 bits per heavy atom. The Labute approximate surface area is 142 Å². The highest BCUT2D eigenvalue weighted by Crippen LogP contribution is 2.42. The number of thiophene rings is 1. The first-order valence-electron chi connectivity index (χ1n) is 8.02. The number of thioether (sulfide) groups is 1. The summed E-state index contributed by atoms with van der Waals surface area (Å²) in [6, 6.07) is 2.32. The van der Waals surface area contributed by atoms with Gasteiger partial charge in [-0.3, -0.25) is 19.4 Å². The third-order valence-electron chi connectivity index (χ3n) is 4.65. The van der Waals surface area contributed by atoms with Gasteiger partial charge in [0.25, 0.3) is 5.56 Å². The van der Waals surface area contributed by atoms with Gasteiger partial charge >= 0.3 is 0 Å². The zero-order chi connectivity index (χ0) is 15.8. The fourth-order valence-corrected chi connectivity index (χ4v) is 5.43. The topological polar surface area (TPSA) is 66.9 Å². The molecule has 1 atom stereocenters. The van der Waals surface area contributed by atoms with Crippen LogP contribution in [0, 0.1) is 0 Å². The predicted octanol–water partition coefficient (Wildman–Crippen LogP) is 3.52. The SMILES string of the molecule is O=C1CSC(c2ccsc2)c2c(n(C3CCCCC3)[nH]c2=O)N1. The van der Waals surface area contributed by atoms with Gasteiger partial charge in [-0.1, -0.05) is 19.3 Å². The molecule has 2 aromatic heterocycles. The number of fused-ring (bicyclic) bond motifs is 1. The second-order valence-electron chi connectivity index (χ2n) is 6.16. The number of H-pyrrole nitrogens is 1. The highest BCUT2D eigenvalue weighted by molar-refractivity contribution is 8.00. The molecule has 3 heterocycles. The Hall–Kier alpha value is -1.47. The van der Waals surface area contributed by atoms with E-state index in [1.807, 2.05) is 16.1 Å². The van der Waals surface area contributed by atoms with Crippen LogP contribution in [0.3, 0.4) is 0 Å². The molecule has 1 saturated carbocycles. The van der Waals surface area contributed by atoms with Crippen LogP contribution < -0.4 is 10.9 Å². The van der Waals surface area contributed by atoms with Crippen LogP contribution >= 0.6 is 23.1 Å². The summed E-state index contributed by atoms with van der Waals surface area (Å²) < 4.78 is 1.93. The molecule has 2 aromatic rings. The number of carbonyl (C=O) groups is 1. The number of anilines is 1. The van der Waals surface area contributed by atoms with Crippen LogP contribution in [0.1, 0.15) is 54.5 Å². The van der Waals surface area contributed by atoms with Gasteiger partial charge in [0.2, 0.25) is 5.91 Å².